The molecule has 0 amide bonds. The van der Waals surface area contributed by atoms with Gasteiger partial charge in [0.15, 0.2) is 5.69 Å². The molecule has 0 aliphatic heterocycles. The van der Waals surface area contributed by atoms with Crippen molar-refractivity contribution in [2.45, 2.75) is 13.0 Å². The van der Waals surface area contributed by atoms with E-state index in [9.17, 15) is 4.79 Å². The van der Waals surface area contributed by atoms with E-state index in [1.54, 1.807) is 4.68 Å². The Morgan fingerprint density at radius 3 is 2.86 bits per heavy atom. The van der Waals surface area contributed by atoms with Gasteiger partial charge in [0.1, 0.15) is 0 Å². The summed E-state index contributed by atoms with van der Waals surface area (Å²) < 4.78 is 1.55. The van der Waals surface area contributed by atoms with Crippen LogP contribution in [0.4, 0.5) is 0 Å². The molecule has 1 N–H and O–H groups in total. The minimum absolute atomic E-state index is 0.00477. The van der Waals surface area contributed by atoms with Crippen molar-refractivity contribution in [3.63, 3.8) is 0 Å². The maximum Gasteiger partial charge on any atom is 0.358 e. The molecule has 1 rings (SSSR count). The van der Waals surface area contributed by atoms with Gasteiger partial charge in [0.25, 0.3) is 0 Å². The summed E-state index contributed by atoms with van der Waals surface area (Å²) in [6, 6.07) is 0. The standard InChI is InChI=1S/C8H14N4O2/c1-11(2)4-3-5-12-6-7(8(13)14)9-10-12/h6H,3-5H2,1-2H3,(H,13,14). The number of carboxylic acid groups (broad SMARTS) is 1. The van der Waals surface area contributed by atoms with Gasteiger partial charge in [-0.15, -0.1) is 5.10 Å². The molecule has 0 fully saturated rings. The summed E-state index contributed by atoms with van der Waals surface area (Å²) >= 11 is 0. The lowest BCUT2D eigenvalue weighted by atomic mass is 10.4. The molecule has 1 aromatic rings. The molecule has 0 atom stereocenters. The summed E-state index contributed by atoms with van der Waals surface area (Å²) in [7, 11) is 3.98. The van der Waals surface area contributed by atoms with Crippen LogP contribution in [-0.4, -0.2) is 51.6 Å². The Labute approximate surface area is 82.1 Å². The average molecular weight is 198 g/mol. The largest absolute Gasteiger partial charge is 0.476 e. The van der Waals surface area contributed by atoms with Crippen molar-refractivity contribution in [3.05, 3.63) is 11.9 Å². The van der Waals surface area contributed by atoms with Gasteiger partial charge in [-0.25, -0.2) is 4.79 Å². The number of carbonyl (C=O) groups is 1. The molecule has 0 saturated carbocycles. The van der Waals surface area contributed by atoms with Crippen LogP contribution in [0.2, 0.25) is 0 Å². The molecule has 0 saturated heterocycles. The lowest BCUT2D eigenvalue weighted by Crippen LogP contribution is -2.15. The van der Waals surface area contributed by atoms with Crippen molar-refractivity contribution in [2.24, 2.45) is 0 Å². The van der Waals surface area contributed by atoms with Crippen molar-refractivity contribution in [2.75, 3.05) is 20.6 Å². The first-order valence-electron chi connectivity index (χ1n) is 4.38. The van der Waals surface area contributed by atoms with Crippen LogP contribution in [0, 0.1) is 0 Å². The van der Waals surface area contributed by atoms with E-state index < -0.39 is 5.97 Å². The maximum absolute atomic E-state index is 10.5. The molecule has 6 heteroatoms. The van der Waals surface area contributed by atoms with Gasteiger partial charge in [-0.05, 0) is 27.1 Å². The maximum atomic E-state index is 10.5. The molecule has 14 heavy (non-hydrogen) atoms. The average Bonchev–Trinajstić information content (AvgIpc) is 2.52. The number of nitrogens with zero attached hydrogens (tertiary/aromatic N) is 4. The highest BCUT2D eigenvalue weighted by molar-refractivity contribution is 5.84. The Hall–Kier alpha value is -1.43. The molecule has 0 aromatic carbocycles. The minimum atomic E-state index is -1.04. The molecule has 0 aliphatic rings. The molecule has 1 heterocycles. The molecule has 0 aliphatic carbocycles. The Kier molecular flexibility index (Phi) is 3.58. The van der Waals surface area contributed by atoms with Crippen molar-refractivity contribution in [3.8, 4) is 0 Å². The van der Waals surface area contributed by atoms with Crippen LogP contribution < -0.4 is 0 Å². The van der Waals surface area contributed by atoms with Gasteiger partial charge >= 0.3 is 5.97 Å². The number of aryl methyl sites for hydroxylation is 1. The zero-order valence-corrected chi connectivity index (χ0v) is 8.34. The minimum Gasteiger partial charge on any atom is -0.476 e. The lowest BCUT2D eigenvalue weighted by Gasteiger charge is -2.07. The molecule has 6 nitrogen and oxygen atoms in total. The van der Waals surface area contributed by atoms with Gasteiger partial charge < -0.3 is 10.0 Å². The third-order valence-electron chi connectivity index (χ3n) is 1.75. The third-order valence-corrected chi connectivity index (χ3v) is 1.75. The van der Waals surface area contributed by atoms with Gasteiger partial charge in [0.2, 0.25) is 0 Å². The van der Waals surface area contributed by atoms with Crippen molar-refractivity contribution < 1.29 is 9.90 Å². The first-order valence-corrected chi connectivity index (χ1v) is 4.38. The SMILES string of the molecule is CN(C)CCCn1cc(C(=O)O)nn1. The van der Waals surface area contributed by atoms with Gasteiger partial charge in [-0.3, -0.25) is 4.68 Å². The summed E-state index contributed by atoms with van der Waals surface area (Å²) in [4.78, 5) is 12.5. The monoisotopic (exact) mass is 198 g/mol. The van der Waals surface area contributed by atoms with Crippen LogP contribution in [0.5, 0.6) is 0 Å². The van der Waals surface area contributed by atoms with Crippen LogP contribution in [0.1, 0.15) is 16.9 Å². The molecule has 0 unspecified atom stereocenters. The zero-order chi connectivity index (χ0) is 10.6. The van der Waals surface area contributed by atoms with E-state index in [-0.39, 0.29) is 5.69 Å². The van der Waals surface area contributed by atoms with E-state index in [1.165, 1.54) is 6.20 Å². The second-order valence-electron chi connectivity index (χ2n) is 3.33. The zero-order valence-electron chi connectivity index (χ0n) is 8.34. The number of carboxylic acids is 1. The summed E-state index contributed by atoms with van der Waals surface area (Å²) in [5.74, 6) is -1.04. The Balaban J connectivity index is 2.40. The fraction of sp³-hybridized carbons (Fsp3) is 0.625. The number of aromatic nitrogens is 3. The number of hydrogen-bond donors (Lipinski definition) is 1. The lowest BCUT2D eigenvalue weighted by molar-refractivity contribution is 0.0690. The van der Waals surface area contributed by atoms with Crippen LogP contribution in [0.3, 0.4) is 0 Å². The van der Waals surface area contributed by atoms with Crippen LogP contribution >= 0.6 is 0 Å². The van der Waals surface area contributed by atoms with E-state index in [4.69, 9.17) is 5.11 Å². The fourth-order valence-corrected chi connectivity index (χ4v) is 1.05. The number of rotatable bonds is 5. The van der Waals surface area contributed by atoms with E-state index in [0.717, 1.165) is 13.0 Å². The van der Waals surface area contributed by atoms with Gasteiger partial charge in [0.05, 0.1) is 6.20 Å². The van der Waals surface area contributed by atoms with Crippen molar-refractivity contribution in [1.82, 2.24) is 19.9 Å². The smallest absolute Gasteiger partial charge is 0.358 e. The highest BCUT2D eigenvalue weighted by atomic mass is 16.4. The van der Waals surface area contributed by atoms with Gasteiger partial charge in [0, 0.05) is 6.54 Å². The topological polar surface area (TPSA) is 71.2 Å². The number of aromatic carboxylic acids is 1. The highest BCUT2D eigenvalue weighted by Crippen LogP contribution is 1.94. The first-order chi connectivity index (χ1) is 6.59. The molecule has 0 radical (unpaired) electrons. The van der Waals surface area contributed by atoms with Gasteiger partial charge in [-0.1, -0.05) is 5.21 Å². The quantitative estimate of drug-likeness (QED) is 0.717. The van der Waals surface area contributed by atoms with Crippen molar-refractivity contribution >= 4 is 5.97 Å². The van der Waals surface area contributed by atoms with Crippen LogP contribution in [-0.2, 0) is 6.54 Å². The Morgan fingerprint density at radius 1 is 1.64 bits per heavy atom. The van der Waals surface area contributed by atoms with Crippen LogP contribution in [0.25, 0.3) is 0 Å². The molecule has 1 aromatic heterocycles. The molecule has 78 valence electrons. The second-order valence-corrected chi connectivity index (χ2v) is 3.33. The normalized spacial score (nSPS) is 10.8. The second kappa shape index (κ2) is 4.71. The Bertz CT molecular complexity index is 308. The highest BCUT2D eigenvalue weighted by Gasteiger charge is 2.07. The third kappa shape index (κ3) is 3.14. The fourth-order valence-electron chi connectivity index (χ4n) is 1.05. The summed E-state index contributed by atoms with van der Waals surface area (Å²) in [6.45, 7) is 1.64. The van der Waals surface area contributed by atoms with Crippen LogP contribution in [0.15, 0.2) is 6.20 Å². The summed E-state index contributed by atoms with van der Waals surface area (Å²) in [6.07, 6.45) is 2.37. The van der Waals surface area contributed by atoms with Gasteiger partial charge in [-0.2, -0.15) is 0 Å². The summed E-state index contributed by atoms with van der Waals surface area (Å²) in [5, 5.41) is 15.8. The summed E-state index contributed by atoms with van der Waals surface area (Å²) in [5.41, 5.74) is -0.00477. The molecule has 0 spiro atoms. The van der Waals surface area contributed by atoms with E-state index in [1.807, 2.05) is 14.1 Å². The molecular weight excluding hydrogens is 184 g/mol. The molecule has 0 bridgehead atoms. The van der Waals surface area contributed by atoms with E-state index >= 15 is 0 Å². The van der Waals surface area contributed by atoms with E-state index in [0.29, 0.717) is 6.54 Å². The first kappa shape index (κ1) is 10.6. The number of hydrogen-bond acceptors (Lipinski definition) is 4. The molecular formula is C8H14N4O2. The predicted octanol–water partition coefficient (Wildman–Crippen LogP) is -0.0720. The predicted molar refractivity (Wildman–Crippen MR) is 50.2 cm³/mol. The van der Waals surface area contributed by atoms with Crippen molar-refractivity contribution in [1.29, 1.82) is 0 Å². The van der Waals surface area contributed by atoms with E-state index in [2.05, 4.69) is 15.2 Å². The Morgan fingerprint density at radius 2 is 2.36 bits per heavy atom.